The average Bonchev–Trinajstić information content (AvgIpc) is 2.77. The van der Waals surface area contributed by atoms with Gasteiger partial charge in [0.1, 0.15) is 17.4 Å². The number of hydrogen-bond donors (Lipinski definition) is 0. The van der Waals surface area contributed by atoms with E-state index < -0.39 is 11.6 Å². The molecule has 1 amide bonds. The number of carbonyl (C=O) groups is 1. The van der Waals surface area contributed by atoms with Crippen LogP contribution in [-0.2, 0) is 11.3 Å². The number of thioether (sulfide) groups is 2. The quantitative estimate of drug-likeness (QED) is 0.530. The lowest BCUT2D eigenvalue weighted by Gasteiger charge is -2.25. The topological polar surface area (TPSA) is 32.8 Å². The van der Waals surface area contributed by atoms with E-state index in [-0.39, 0.29) is 24.6 Å². The second-order valence-electron chi connectivity index (χ2n) is 7.64. The van der Waals surface area contributed by atoms with Crippen molar-refractivity contribution in [2.45, 2.75) is 17.5 Å². The highest BCUT2D eigenvalue weighted by molar-refractivity contribution is 8.16. The Morgan fingerprint density at radius 2 is 1.77 bits per heavy atom. The monoisotopic (exact) mass is 466 g/mol. The van der Waals surface area contributed by atoms with Crippen molar-refractivity contribution in [3.8, 4) is 5.75 Å². The third-order valence-electron chi connectivity index (χ3n) is 4.89. The summed E-state index contributed by atoms with van der Waals surface area (Å²) in [5, 5.41) is 0. The highest BCUT2D eigenvalue weighted by atomic mass is 32.2. The van der Waals surface area contributed by atoms with Gasteiger partial charge in [-0.05, 0) is 55.8 Å². The minimum Gasteiger partial charge on any atom is -0.484 e. The van der Waals surface area contributed by atoms with Crippen LogP contribution < -0.4 is 4.74 Å². The maximum absolute atomic E-state index is 14.1. The number of nitrogens with zero attached hydrogens (tertiary/aromatic N) is 2. The van der Waals surface area contributed by atoms with Crippen LogP contribution in [0, 0.1) is 11.6 Å². The molecule has 1 fully saturated rings. The lowest BCUT2D eigenvalue weighted by Crippen LogP contribution is -2.39. The van der Waals surface area contributed by atoms with Crippen LogP contribution in [0.1, 0.15) is 22.1 Å². The molecule has 2 aromatic rings. The first-order chi connectivity index (χ1) is 14.9. The van der Waals surface area contributed by atoms with Gasteiger partial charge in [0.05, 0.1) is 4.58 Å². The number of carbonyl (C=O) groups excluding carboxylic acids is 1. The van der Waals surface area contributed by atoms with Crippen LogP contribution in [0.25, 0.3) is 0 Å². The maximum atomic E-state index is 14.1. The van der Waals surface area contributed by atoms with Crippen LogP contribution in [0.3, 0.4) is 0 Å². The Bertz CT molecular complexity index is 859. The van der Waals surface area contributed by atoms with E-state index in [0.29, 0.717) is 23.4 Å². The number of likely N-dealkylation sites (N-methyl/N-ethyl adjacent to an activating group) is 1. The molecule has 31 heavy (non-hydrogen) atoms. The molecule has 0 saturated carbocycles. The maximum Gasteiger partial charge on any atom is 0.260 e. The highest BCUT2D eigenvalue weighted by Crippen LogP contribution is 2.43. The number of ether oxygens (including phenoxy) is 1. The lowest BCUT2D eigenvalue weighted by molar-refractivity contribution is -0.134. The Balaban J connectivity index is 1.59. The molecule has 0 atom stereocenters. The van der Waals surface area contributed by atoms with Crippen molar-refractivity contribution in [1.82, 2.24) is 9.80 Å². The Hall–Kier alpha value is -1.77. The van der Waals surface area contributed by atoms with Gasteiger partial charge in [0.2, 0.25) is 0 Å². The fourth-order valence-corrected chi connectivity index (χ4v) is 6.00. The van der Waals surface area contributed by atoms with Gasteiger partial charge in [0.15, 0.2) is 6.61 Å². The molecule has 1 aliphatic heterocycles. The zero-order valence-corrected chi connectivity index (χ0v) is 19.5. The van der Waals surface area contributed by atoms with Crippen molar-refractivity contribution < 1.29 is 18.3 Å². The predicted octanol–water partition coefficient (Wildman–Crippen LogP) is 4.80. The minimum absolute atomic E-state index is 0.0667. The van der Waals surface area contributed by atoms with Gasteiger partial charge in [-0.1, -0.05) is 18.2 Å². The lowest BCUT2D eigenvalue weighted by atomic mass is 10.2. The average molecular weight is 467 g/mol. The molecule has 0 unspecified atom stereocenters. The summed E-state index contributed by atoms with van der Waals surface area (Å²) in [4.78, 5) is 16.3. The molecule has 0 spiro atoms. The SMILES string of the molecule is CN(C)CCN(Cc1ccc(F)cc1F)C(=O)COc1ccc(C2SCCCS2)cc1. The van der Waals surface area contributed by atoms with E-state index in [1.54, 1.807) is 4.90 Å². The van der Waals surface area contributed by atoms with Crippen LogP contribution >= 0.6 is 23.5 Å². The van der Waals surface area contributed by atoms with Gasteiger partial charge in [-0.3, -0.25) is 4.79 Å². The number of hydrogen-bond acceptors (Lipinski definition) is 5. The summed E-state index contributed by atoms with van der Waals surface area (Å²) < 4.78 is 33.5. The van der Waals surface area contributed by atoms with E-state index in [0.717, 1.165) is 6.07 Å². The summed E-state index contributed by atoms with van der Waals surface area (Å²) in [5.74, 6) is 1.46. The molecule has 0 aromatic heterocycles. The fraction of sp³-hybridized carbons (Fsp3) is 0.435. The molecular formula is C23H28F2N2O2S2. The highest BCUT2D eigenvalue weighted by Gasteiger charge is 2.19. The molecular weight excluding hydrogens is 438 g/mol. The summed E-state index contributed by atoms with van der Waals surface area (Å²) in [6.45, 7) is 0.973. The molecule has 4 nitrogen and oxygen atoms in total. The first-order valence-electron chi connectivity index (χ1n) is 10.2. The molecule has 1 heterocycles. The van der Waals surface area contributed by atoms with Crippen molar-refractivity contribution in [3.63, 3.8) is 0 Å². The van der Waals surface area contributed by atoms with Gasteiger partial charge in [-0.25, -0.2) is 8.78 Å². The largest absolute Gasteiger partial charge is 0.484 e. The van der Waals surface area contributed by atoms with Crippen molar-refractivity contribution in [1.29, 1.82) is 0 Å². The Morgan fingerprint density at radius 1 is 1.06 bits per heavy atom. The number of rotatable bonds is 9. The zero-order valence-electron chi connectivity index (χ0n) is 17.9. The summed E-state index contributed by atoms with van der Waals surface area (Å²) in [5.41, 5.74) is 1.54. The molecule has 8 heteroatoms. The van der Waals surface area contributed by atoms with E-state index in [4.69, 9.17) is 4.74 Å². The Morgan fingerprint density at radius 3 is 2.42 bits per heavy atom. The third kappa shape index (κ3) is 7.40. The summed E-state index contributed by atoms with van der Waals surface area (Å²) in [6.07, 6.45) is 1.25. The second-order valence-corrected chi connectivity index (χ2v) is 10.4. The van der Waals surface area contributed by atoms with Crippen LogP contribution in [0.5, 0.6) is 5.75 Å². The minimum atomic E-state index is -0.655. The first kappa shape index (κ1) is 23.9. The molecule has 3 rings (SSSR count). The third-order valence-corrected chi connectivity index (χ3v) is 7.90. The Labute approximate surface area is 191 Å². The molecule has 1 saturated heterocycles. The van der Waals surface area contributed by atoms with E-state index in [1.807, 2.05) is 66.8 Å². The van der Waals surface area contributed by atoms with Gasteiger partial charge in [-0.15, -0.1) is 23.5 Å². The summed E-state index contributed by atoms with van der Waals surface area (Å²) in [7, 11) is 3.81. The number of halogens is 2. The van der Waals surface area contributed by atoms with Crippen molar-refractivity contribution in [3.05, 3.63) is 65.2 Å². The van der Waals surface area contributed by atoms with Crippen LogP contribution in [-0.4, -0.2) is 61.0 Å². The van der Waals surface area contributed by atoms with E-state index in [2.05, 4.69) is 0 Å². The second kappa shape index (κ2) is 11.7. The van der Waals surface area contributed by atoms with Crippen molar-refractivity contribution in [2.24, 2.45) is 0 Å². The van der Waals surface area contributed by atoms with Gasteiger partial charge in [0, 0.05) is 31.3 Å². The van der Waals surface area contributed by atoms with Gasteiger partial charge in [0.25, 0.3) is 5.91 Å². The van der Waals surface area contributed by atoms with Crippen LogP contribution in [0.4, 0.5) is 8.78 Å². The molecule has 168 valence electrons. The molecule has 0 radical (unpaired) electrons. The molecule has 0 bridgehead atoms. The number of benzene rings is 2. The smallest absolute Gasteiger partial charge is 0.260 e. The van der Waals surface area contributed by atoms with E-state index >= 15 is 0 Å². The van der Waals surface area contributed by atoms with Gasteiger partial charge < -0.3 is 14.5 Å². The zero-order chi connectivity index (χ0) is 22.2. The molecule has 0 N–H and O–H groups in total. The van der Waals surface area contributed by atoms with Crippen LogP contribution in [0.2, 0.25) is 0 Å². The van der Waals surface area contributed by atoms with E-state index in [9.17, 15) is 13.6 Å². The molecule has 2 aromatic carbocycles. The Kier molecular flexibility index (Phi) is 9.04. The molecule has 1 aliphatic rings. The van der Waals surface area contributed by atoms with Crippen molar-refractivity contribution >= 4 is 29.4 Å². The first-order valence-corrected chi connectivity index (χ1v) is 12.3. The van der Waals surface area contributed by atoms with Gasteiger partial charge in [-0.2, -0.15) is 0 Å². The van der Waals surface area contributed by atoms with Gasteiger partial charge >= 0.3 is 0 Å². The normalized spacial score (nSPS) is 14.6. The fourth-order valence-electron chi connectivity index (χ4n) is 3.11. The summed E-state index contributed by atoms with van der Waals surface area (Å²) >= 11 is 3.92. The standard InChI is InChI=1S/C23H28F2N2O2S2/c1-26(2)10-11-27(15-18-4-7-19(24)14-21(18)25)22(28)16-29-20-8-5-17(6-9-20)23-30-12-3-13-31-23/h4-9,14,23H,3,10-13,15-16H2,1-2H3. The van der Waals surface area contributed by atoms with E-state index in [1.165, 1.54) is 35.6 Å². The molecule has 0 aliphatic carbocycles. The van der Waals surface area contributed by atoms with Crippen molar-refractivity contribution in [2.75, 3.05) is 45.3 Å². The predicted molar refractivity (Wildman–Crippen MR) is 125 cm³/mol. The van der Waals surface area contributed by atoms with Crippen LogP contribution in [0.15, 0.2) is 42.5 Å². The summed E-state index contributed by atoms with van der Waals surface area (Å²) in [6, 6.07) is 11.3. The number of amides is 1.